The van der Waals surface area contributed by atoms with Crippen LogP contribution >= 0.6 is 0 Å². The van der Waals surface area contributed by atoms with Crippen molar-refractivity contribution in [1.29, 1.82) is 0 Å². The number of hydrogen-bond acceptors (Lipinski definition) is 4. The Kier molecular flexibility index (Phi) is 19.5. The molecule has 0 saturated heterocycles. The molecular weight excluding hydrogens is 555 g/mol. The summed E-state index contributed by atoms with van der Waals surface area (Å²) in [5.74, 6) is -0.183. The quantitative estimate of drug-likeness (QED) is 0.0570. The topological polar surface area (TPSA) is 44.8 Å². The summed E-state index contributed by atoms with van der Waals surface area (Å²) in [7, 11) is 0. The van der Waals surface area contributed by atoms with Crippen LogP contribution in [0.2, 0.25) is 13.3 Å². The predicted octanol–water partition coefficient (Wildman–Crippen LogP) is 9.00. The van der Waals surface area contributed by atoms with Crippen molar-refractivity contribution in [1.82, 2.24) is 0 Å². The number of rotatable bonds is 22. The van der Waals surface area contributed by atoms with E-state index in [9.17, 15) is 4.79 Å². The second kappa shape index (κ2) is 21.1. The Morgan fingerprint density at radius 2 is 1.44 bits per heavy atom. The molecule has 0 aliphatic rings. The molecule has 0 aliphatic heterocycles. The van der Waals surface area contributed by atoms with Crippen molar-refractivity contribution in [2.24, 2.45) is 0 Å². The zero-order valence-corrected chi connectivity index (χ0v) is 26.8. The van der Waals surface area contributed by atoms with E-state index in [1.54, 1.807) is 0 Å². The van der Waals surface area contributed by atoms with Gasteiger partial charge in [-0.2, -0.15) is 0 Å². The molecule has 206 valence electrons. The van der Waals surface area contributed by atoms with Gasteiger partial charge in [0, 0.05) is 0 Å². The molecule has 0 bridgehead atoms. The Labute approximate surface area is 226 Å². The third kappa shape index (κ3) is 14.2. The molecule has 1 unspecified atom stereocenters. The Morgan fingerprint density at radius 1 is 0.861 bits per heavy atom. The minimum absolute atomic E-state index is 0.0128. The summed E-state index contributed by atoms with van der Waals surface area (Å²) in [6.07, 6.45) is 14.4. The Hall–Kier alpha value is -0.851. The maximum atomic E-state index is 11.9. The fraction of sp³-hybridized carbons (Fsp3) is 0.710. The van der Waals surface area contributed by atoms with E-state index in [0.717, 1.165) is 18.4 Å². The van der Waals surface area contributed by atoms with Crippen LogP contribution in [0.25, 0.3) is 0 Å². The molecule has 0 spiro atoms. The van der Waals surface area contributed by atoms with Crippen molar-refractivity contribution in [3.63, 3.8) is 0 Å². The van der Waals surface area contributed by atoms with Crippen molar-refractivity contribution < 1.29 is 19.0 Å². The van der Waals surface area contributed by atoms with Crippen molar-refractivity contribution in [2.45, 2.75) is 125 Å². The molecule has 0 saturated carbocycles. The van der Waals surface area contributed by atoms with E-state index in [2.05, 4.69) is 45.9 Å². The fourth-order valence-corrected chi connectivity index (χ4v) is 21.2. The SMILES string of the molecule is CCCCCC(/C=[C](\COC(C)=O)[Sn]([CH2]CCC)([CH2]CCC)[CH2]CCC)OCOCc1ccccc1. The molecule has 36 heavy (non-hydrogen) atoms. The van der Waals surface area contributed by atoms with E-state index in [1.807, 2.05) is 18.2 Å². The van der Waals surface area contributed by atoms with Gasteiger partial charge in [0.05, 0.1) is 0 Å². The summed E-state index contributed by atoms with van der Waals surface area (Å²) in [6, 6.07) is 10.2. The molecule has 1 rings (SSSR count). The zero-order chi connectivity index (χ0) is 26.5. The van der Waals surface area contributed by atoms with Crippen LogP contribution in [0.1, 0.15) is 104 Å². The molecule has 1 atom stereocenters. The number of unbranched alkanes of at least 4 members (excludes halogenated alkanes) is 5. The first kappa shape index (κ1) is 33.2. The molecule has 0 amide bonds. The fourth-order valence-electron chi connectivity index (χ4n) is 4.86. The van der Waals surface area contributed by atoms with Crippen LogP contribution in [0.5, 0.6) is 0 Å². The van der Waals surface area contributed by atoms with E-state index in [4.69, 9.17) is 14.2 Å². The van der Waals surface area contributed by atoms with E-state index in [-0.39, 0.29) is 18.9 Å². The first-order valence-electron chi connectivity index (χ1n) is 14.6. The number of carbonyl (C=O) groups is 1. The molecule has 4 nitrogen and oxygen atoms in total. The first-order valence-corrected chi connectivity index (χ1v) is 22.1. The summed E-state index contributed by atoms with van der Waals surface area (Å²) in [6.45, 7) is 12.0. The van der Waals surface area contributed by atoms with Gasteiger partial charge in [-0.1, -0.05) is 0 Å². The van der Waals surface area contributed by atoms with Crippen molar-refractivity contribution >= 4 is 24.3 Å². The van der Waals surface area contributed by atoms with Gasteiger partial charge in [0.25, 0.3) is 0 Å². The van der Waals surface area contributed by atoms with Gasteiger partial charge in [0.15, 0.2) is 0 Å². The second-order valence-electron chi connectivity index (χ2n) is 10.2. The van der Waals surface area contributed by atoms with Gasteiger partial charge in [-0.25, -0.2) is 0 Å². The summed E-state index contributed by atoms with van der Waals surface area (Å²) in [5, 5.41) is 0. The summed E-state index contributed by atoms with van der Waals surface area (Å²) in [5.41, 5.74) is 1.16. The molecule has 0 aliphatic carbocycles. The van der Waals surface area contributed by atoms with Crippen LogP contribution in [-0.2, 0) is 25.6 Å². The van der Waals surface area contributed by atoms with Crippen LogP contribution in [0.15, 0.2) is 40.0 Å². The van der Waals surface area contributed by atoms with Crippen LogP contribution in [0, 0.1) is 0 Å². The van der Waals surface area contributed by atoms with Crippen LogP contribution in [0.4, 0.5) is 0 Å². The van der Waals surface area contributed by atoms with E-state index in [1.165, 1.54) is 75.2 Å². The monoisotopic (exact) mass is 610 g/mol. The van der Waals surface area contributed by atoms with Gasteiger partial charge in [-0.05, 0) is 0 Å². The maximum absolute atomic E-state index is 11.9. The number of ether oxygens (including phenoxy) is 3. The minimum atomic E-state index is -2.76. The van der Waals surface area contributed by atoms with Crippen molar-refractivity contribution in [2.75, 3.05) is 13.4 Å². The number of hydrogen-bond donors (Lipinski definition) is 0. The molecule has 0 radical (unpaired) electrons. The standard InChI is InChI=1S/C19H27O4.3C4H9.Sn/c1-3-4-6-12-19(13-9-14-22-17(2)20)23-16-21-15-18-10-7-5-8-11-18;3*1-3-4-2;/h5,7-8,10-11,13,19H,3-4,6,12,14-16H2,1-2H3;3*1,3-4H2,2H3;. The molecule has 0 fully saturated rings. The van der Waals surface area contributed by atoms with Crippen LogP contribution < -0.4 is 0 Å². The average Bonchev–Trinajstić information content (AvgIpc) is 2.89. The molecule has 5 heteroatoms. The van der Waals surface area contributed by atoms with Crippen molar-refractivity contribution in [3.05, 3.63) is 45.6 Å². The molecule has 0 aromatic heterocycles. The van der Waals surface area contributed by atoms with Crippen molar-refractivity contribution in [3.8, 4) is 0 Å². The number of carbonyl (C=O) groups excluding carboxylic acids is 1. The number of esters is 1. The molecular formula is C31H54O4Sn. The van der Waals surface area contributed by atoms with Gasteiger partial charge in [0.2, 0.25) is 0 Å². The Bertz CT molecular complexity index is 682. The molecule has 0 N–H and O–H groups in total. The summed E-state index contributed by atoms with van der Waals surface area (Å²) >= 11 is -2.76. The predicted molar refractivity (Wildman–Crippen MR) is 155 cm³/mol. The molecule has 1 aromatic carbocycles. The number of benzene rings is 1. The molecule has 0 heterocycles. The third-order valence-electron chi connectivity index (χ3n) is 7.10. The normalized spacial score (nSPS) is 13.1. The second-order valence-corrected chi connectivity index (χ2v) is 23.6. The Morgan fingerprint density at radius 3 is 1.97 bits per heavy atom. The molecule has 1 aromatic rings. The summed E-state index contributed by atoms with van der Waals surface area (Å²) < 4.78 is 23.5. The third-order valence-corrected chi connectivity index (χ3v) is 23.1. The Balaban J connectivity index is 3.18. The zero-order valence-electron chi connectivity index (χ0n) is 24.0. The van der Waals surface area contributed by atoms with E-state index in [0.29, 0.717) is 13.2 Å². The van der Waals surface area contributed by atoms with Gasteiger partial charge in [-0.15, -0.1) is 0 Å². The van der Waals surface area contributed by atoms with Crippen LogP contribution in [-0.4, -0.2) is 43.9 Å². The van der Waals surface area contributed by atoms with Gasteiger partial charge < -0.3 is 0 Å². The first-order chi connectivity index (χ1) is 17.5. The van der Waals surface area contributed by atoms with Gasteiger partial charge >= 0.3 is 227 Å². The average molecular weight is 609 g/mol. The summed E-state index contributed by atoms with van der Waals surface area (Å²) in [4.78, 5) is 11.9. The van der Waals surface area contributed by atoms with Gasteiger partial charge in [0.1, 0.15) is 0 Å². The van der Waals surface area contributed by atoms with Crippen LogP contribution in [0.3, 0.4) is 0 Å². The van der Waals surface area contributed by atoms with Gasteiger partial charge in [-0.3, -0.25) is 0 Å². The van der Waals surface area contributed by atoms with E-state index >= 15 is 0 Å². The van der Waals surface area contributed by atoms with E-state index < -0.39 is 18.4 Å².